The van der Waals surface area contributed by atoms with E-state index in [1.165, 1.54) is 19.5 Å². The van der Waals surface area contributed by atoms with Crippen molar-refractivity contribution in [2.75, 3.05) is 30.8 Å². The van der Waals surface area contributed by atoms with Crippen LogP contribution < -0.4 is 10.0 Å². The van der Waals surface area contributed by atoms with Gasteiger partial charge in [0, 0.05) is 7.05 Å². The first kappa shape index (κ1) is 25.0. The number of nitrogens with zero attached hydrogens (tertiary/aromatic N) is 1. The number of rotatable bonds is 10. The molecule has 0 bridgehead atoms. The van der Waals surface area contributed by atoms with Gasteiger partial charge in [-0.15, -0.1) is 0 Å². The topological polar surface area (TPSA) is 110 Å². The molecule has 1 aliphatic rings. The number of anilines is 1. The highest BCUT2D eigenvalue weighted by atomic mass is 32.2. The number of sulfonamides is 1. The van der Waals surface area contributed by atoms with Crippen LogP contribution in [0.5, 0.6) is 0 Å². The van der Waals surface area contributed by atoms with Crippen LogP contribution in [0, 0.1) is 5.92 Å². The lowest BCUT2D eigenvalue weighted by atomic mass is 9.85. The largest absolute Gasteiger partial charge is 0.460 e. The van der Waals surface area contributed by atoms with Gasteiger partial charge in [0.2, 0.25) is 10.0 Å². The average Bonchev–Trinajstić information content (AvgIpc) is 2.75. The minimum atomic E-state index is -3.51. The molecule has 7 nitrogen and oxygen atoms in total. The van der Waals surface area contributed by atoms with Gasteiger partial charge in [-0.25, -0.2) is 13.2 Å². The monoisotopic (exact) mass is 472 g/mol. The first-order chi connectivity index (χ1) is 15.6. The number of allylic oxidation sites excluding steroid dienone is 1. The summed E-state index contributed by atoms with van der Waals surface area (Å²) in [5.41, 5.74) is 7.39. The number of carbonyl (C=O) groups is 1. The molecule has 2 aromatic rings. The molecule has 0 radical (unpaired) electrons. The van der Waals surface area contributed by atoms with E-state index in [4.69, 9.17) is 10.5 Å². The highest BCUT2D eigenvalue weighted by Crippen LogP contribution is 2.29. The molecule has 178 valence electrons. The quantitative estimate of drug-likeness (QED) is 0.515. The van der Waals surface area contributed by atoms with Crippen molar-refractivity contribution in [3.63, 3.8) is 0 Å². The van der Waals surface area contributed by atoms with E-state index in [0.717, 1.165) is 29.0 Å². The molecule has 0 aliphatic heterocycles. The lowest BCUT2D eigenvalue weighted by Crippen LogP contribution is -2.50. The number of esters is 1. The molecule has 3 rings (SSSR count). The van der Waals surface area contributed by atoms with Gasteiger partial charge in [-0.05, 0) is 54.5 Å². The van der Waals surface area contributed by atoms with Crippen molar-refractivity contribution < 1.29 is 23.1 Å². The molecule has 8 heteroatoms. The van der Waals surface area contributed by atoms with Gasteiger partial charge < -0.3 is 15.6 Å². The second kappa shape index (κ2) is 10.5. The number of hydrogen-bond donors (Lipinski definition) is 2. The maximum atomic E-state index is 12.9. The Morgan fingerprint density at radius 3 is 2.52 bits per heavy atom. The van der Waals surface area contributed by atoms with Crippen molar-refractivity contribution in [1.29, 1.82) is 0 Å². The molecule has 1 unspecified atom stereocenters. The van der Waals surface area contributed by atoms with Crippen molar-refractivity contribution in [3.05, 3.63) is 71.3 Å². The van der Waals surface area contributed by atoms with Gasteiger partial charge in [0.1, 0.15) is 6.61 Å². The normalized spacial score (nSPS) is 16.2. The molecule has 33 heavy (non-hydrogen) atoms. The fourth-order valence-electron chi connectivity index (χ4n) is 3.55. The number of ether oxygens (including phenoxy) is 1. The Morgan fingerprint density at radius 1 is 1.24 bits per heavy atom. The lowest BCUT2D eigenvalue weighted by Gasteiger charge is -2.27. The van der Waals surface area contributed by atoms with Crippen LogP contribution in [0.2, 0.25) is 0 Å². The van der Waals surface area contributed by atoms with E-state index >= 15 is 0 Å². The number of hydrogen-bond acceptors (Lipinski definition) is 6. The molecular weight excluding hydrogens is 440 g/mol. The van der Waals surface area contributed by atoms with Gasteiger partial charge in [0.15, 0.2) is 0 Å². The third-order valence-electron chi connectivity index (χ3n) is 5.95. The zero-order chi connectivity index (χ0) is 24.1. The Labute approximate surface area is 195 Å². The first-order valence-corrected chi connectivity index (χ1v) is 12.8. The first-order valence-electron chi connectivity index (χ1n) is 11.0. The molecule has 0 heterocycles. The third kappa shape index (κ3) is 6.90. The lowest BCUT2D eigenvalue weighted by molar-refractivity contribution is 0.0331. The SMILES string of the molecule is CN(c1cc(/C=C\C2CCC2)cc(C(=O)OCC(N)(CO)Cc2ccccc2)c1)S(C)(=O)=O. The highest BCUT2D eigenvalue weighted by Gasteiger charge is 2.27. The Morgan fingerprint density at radius 2 is 1.94 bits per heavy atom. The molecule has 3 N–H and O–H groups in total. The van der Waals surface area contributed by atoms with Crippen LogP contribution in [-0.2, 0) is 21.2 Å². The van der Waals surface area contributed by atoms with Crippen molar-refractivity contribution in [3.8, 4) is 0 Å². The van der Waals surface area contributed by atoms with Gasteiger partial charge in [-0.2, -0.15) is 0 Å². The van der Waals surface area contributed by atoms with E-state index < -0.39 is 21.5 Å². The van der Waals surface area contributed by atoms with Crippen LogP contribution in [0.1, 0.15) is 40.7 Å². The standard InChI is InChI=1S/C25H32N2O5S/c1-27(33(2,30)31)23-14-21(12-11-19-9-6-10-19)13-22(15-23)24(29)32-18-25(26,17-28)16-20-7-4-3-5-8-20/h3-5,7-8,11-15,19,28H,6,9-10,16-18,26H2,1-2H3/b12-11-. The van der Waals surface area contributed by atoms with E-state index in [0.29, 0.717) is 23.6 Å². The number of aliphatic hydroxyl groups is 1. The molecule has 0 amide bonds. The van der Waals surface area contributed by atoms with Crippen molar-refractivity contribution >= 4 is 27.8 Å². The molecular formula is C25H32N2O5S. The number of aliphatic hydroxyl groups excluding tert-OH is 1. The van der Waals surface area contributed by atoms with Crippen LogP contribution in [0.3, 0.4) is 0 Å². The Hall–Kier alpha value is -2.68. The summed E-state index contributed by atoms with van der Waals surface area (Å²) in [5, 5.41) is 9.83. The summed E-state index contributed by atoms with van der Waals surface area (Å²) in [4.78, 5) is 12.9. The summed E-state index contributed by atoms with van der Waals surface area (Å²) in [5.74, 6) is -0.120. The third-order valence-corrected chi connectivity index (χ3v) is 7.16. The molecule has 2 aromatic carbocycles. The average molecular weight is 473 g/mol. The van der Waals surface area contributed by atoms with Gasteiger partial charge in [-0.1, -0.05) is 48.9 Å². The molecule has 1 aliphatic carbocycles. The van der Waals surface area contributed by atoms with Crippen LogP contribution in [-0.4, -0.2) is 51.5 Å². The summed E-state index contributed by atoms with van der Waals surface area (Å²) in [6.45, 7) is -0.544. The van der Waals surface area contributed by atoms with Gasteiger partial charge in [0.05, 0.1) is 29.7 Å². The van der Waals surface area contributed by atoms with Crippen molar-refractivity contribution in [2.24, 2.45) is 11.7 Å². The van der Waals surface area contributed by atoms with Crippen molar-refractivity contribution in [2.45, 2.75) is 31.2 Å². The number of benzene rings is 2. The molecule has 0 spiro atoms. The summed E-state index contributed by atoms with van der Waals surface area (Å²) in [7, 11) is -2.07. The zero-order valence-corrected chi connectivity index (χ0v) is 19.9. The van der Waals surface area contributed by atoms with Crippen molar-refractivity contribution in [1.82, 2.24) is 0 Å². The smallest absolute Gasteiger partial charge is 0.338 e. The number of nitrogens with two attached hydrogens (primary N) is 1. The minimum Gasteiger partial charge on any atom is -0.460 e. The molecule has 1 fully saturated rings. The highest BCUT2D eigenvalue weighted by molar-refractivity contribution is 7.92. The Balaban J connectivity index is 1.80. The van der Waals surface area contributed by atoms with Gasteiger partial charge in [0.25, 0.3) is 0 Å². The predicted molar refractivity (Wildman–Crippen MR) is 130 cm³/mol. The minimum absolute atomic E-state index is 0.184. The summed E-state index contributed by atoms with van der Waals surface area (Å²) < 4.78 is 30.7. The Kier molecular flexibility index (Phi) is 7.94. The summed E-state index contributed by atoms with van der Waals surface area (Å²) >= 11 is 0. The molecule has 1 saturated carbocycles. The molecule has 1 atom stereocenters. The van der Waals surface area contributed by atoms with Crippen LogP contribution >= 0.6 is 0 Å². The van der Waals surface area contributed by atoms with E-state index in [2.05, 4.69) is 6.08 Å². The van der Waals surface area contributed by atoms with Crippen LogP contribution in [0.15, 0.2) is 54.6 Å². The van der Waals surface area contributed by atoms with E-state index in [9.17, 15) is 18.3 Å². The van der Waals surface area contributed by atoms with E-state index in [1.807, 2.05) is 36.4 Å². The van der Waals surface area contributed by atoms with Crippen LogP contribution in [0.4, 0.5) is 5.69 Å². The zero-order valence-electron chi connectivity index (χ0n) is 19.1. The Bertz CT molecular complexity index is 1100. The van der Waals surface area contributed by atoms with Gasteiger partial charge >= 0.3 is 5.97 Å². The van der Waals surface area contributed by atoms with Crippen LogP contribution in [0.25, 0.3) is 6.08 Å². The maximum Gasteiger partial charge on any atom is 0.338 e. The molecule has 0 aromatic heterocycles. The summed E-state index contributed by atoms with van der Waals surface area (Å²) in [6, 6.07) is 14.3. The predicted octanol–water partition coefficient (Wildman–Crippen LogP) is 2.99. The fraction of sp³-hybridized carbons (Fsp3) is 0.400. The van der Waals surface area contributed by atoms with Gasteiger partial charge in [-0.3, -0.25) is 4.31 Å². The summed E-state index contributed by atoms with van der Waals surface area (Å²) in [6.07, 6.45) is 8.92. The molecule has 0 saturated heterocycles. The maximum absolute atomic E-state index is 12.9. The van der Waals surface area contributed by atoms with E-state index in [-0.39, 0.29) is 18.8 Å². The second-order valence-corrected chi connectivity index (χ2v) is 10.9. The number of carbonyl (C=O) groups excluding carboxylic acids is 1. The fourth-order valence-corrected chi connectivity index (χ4v) is 4.04. The second-order valence-electron chi connectivity index (χ2n) is 8.85. The van der Waals surface area contributed by atoms with E-state index in [1.54, 1.807) is 12.1 Å².